The summed E-state index contributed by atoms with van der Waals surface area (Å²) < 4.78 is 10.6. The van der Waals surface area contributed by atoms with E-state index in [9.17, 15) is 4.79 Å². The molecule has 12 nitrogen and oxygen atoms in total. The zero-order valence-electron chi connectivity index (χ0n) is 21.4. The molecule has 3 aromatic rings. The summed E-state index contributed by atoms with van der Waals surface area (Å²) in [4.78, 5) is 29.6. The SMILES string of the molecule is C=CCNc1nc(NCc2ccncc2)nc(Nc2ccc(CC(=O)NCCOCCOCCN)cc2)n1. The Bertz CT molecular complexity index is 1110. The molecular formula is C26H35N9O3. The van der Waals surface area contributed by atoms with Crippen molar-refractivity contribution in [3.8, 4) is 0 Å². The van der Waals surface area contributed by atoms with Crippen LogP contribution in [0.15, 0.2) is 61.4 Å². The van der Waals surface area contributed by atoms with Crippen LogP contribution in [0.2, 0.25) is 0 Å². The maximum absolute atomic E-state index is 12.2. The first-order chi connectivity index (χ1) is 18.7. The number of nitrogens with two attached hydrogens (primary N) is 1. The van der Waals surface area contributed by atoms with Gasteiger partial charge >= 0.3 is 0 Å². The molecule has 0 saturated carbocycles. The summed E-state index contributed by atoms with van der Waals surface area (Å²) in [6.45, 7) is 7.61. The molecule has 6 N–H and O–H groups in total. The average molecular weight is 522 g/mol. The Morgan fingerprint density at radius 3 is 2.26 bits per heavy atom. The van der Waals surface area contributed by atoms with Crippen molar-refractivity contribution in [1.82, 2.24) is 25.3 Å². The number of rotatable bonds is 18. The maximum Gasteiger partial charge on any atom is 0.233 e. The summed E-state index contributed by atoms with van der Waals surface area (Å²) in [6, 6.07) is 11.3. The van der Waals surface area contributed by atoms with Gasteiger partial charge in [0.25, 0.3) is 0 Å². The minimum Gasteiger partial charge on any atom is -0.378 e. The molecule has 38 heavy (non-hydrogen) atoms. The van der Waals surface area contributed by atoms with E-state index in [1.165, 1.54) is 0 Å². The number of ether oxygens (including phenoxy) is 2. The van der Waals surface area contributed by atoms with Crippen molar-refractivity contribution in [1.29, 1.82) is 0 Å². The fourth-order valence-electron chi connectivity index (χ4n) is 3.19. The summed E-state index contributed by atoms with van der Waals surface area (Å²) >= 11 is 0. The number of hydrogen-bond acceptors (Lipinski definition) is 11. The molecule has 0 aliphatic heterocycles. The topological polar surface area (TPSA) is 161 Å². The first kappa shape index (κ1) is 28.4. The van der Waals surface area contributed by atoms with Crippen LogP contribution in [0.5, 0.6) is 0 Å². The predicted molar refractivity (Wildman–Crippen MR) is 147 cm³/mol. The van der Waals surface area contributed by atoms with Gasteiger partial charge in [0.05, 0.1) is 32.8 Å². The second-order valence-corrected chi connectivity index (χ2v) is 8.05. The molecule has 2 heterocycles. The summed E-state index contributed by atoms with van der Waals surface area (Å²) in [5.74, 6) is 1.14. The van der Waals surface area contributed by atoms with Crippen LogP contribution in [-0.4, -0.2) is 71.9 Å². The lowest BCUT2D eigenvalue weighted by Gasteiger charge is -2.11. The van der Waals surface area contributed by atoms with Gasteiger partial charge in [0.15, 0.2) is 0 Å². The van der Waals surface area contributed by atoms with E-state index < -0.39 is 0 Å². The van der Waals surface area contributed by atoms with Crippen LogP contribution in [0.25, 0.3) is 0 Å². The van der Waals surface area contributed by atoms with E-state index in [0.717, 1.165) is 16.8 Å². The second kappa shape index (κ2) is 16.6. The van der Waals surface area contributed by atoms with Gasteiger partial charge in [0.2, 0.25) is 23.8 Å². The van der Waals surface area contributed by atoms with Gasteiger partial charge in [-0.3, -0.25) is 9.78 Å². The molecule has 0 spiro atoms. The van der Waals surface area contributed by atoms with E-state index in [0.29, 0.717) is 70.5 Å². The number of aromatic nitrogens is 4. The molecule has 0 unspecified atom stereocenters. The monoisotopic (exact) mass is 521 g/mol. The van der Waals surface area contributed by atoms with Crippen molar-refractivity contribution in [2.45, 2.75) is 13.0 Å². The van der Waals surface area contributed by atoms with E-state index in [-0.39, 0.29) is 12.3 Å². The van der Waals surface area contributed by atoms with Crippen molar-refractivity contribution in [3.63, 3.8) is 0 Å². The fourth-order valence-corrected chi connectivity index (χ4v) is 3.19. The normalized spacial score (nSPS) is 10.6. The molecule has 0 bridgehead atoms. The molecular weight excluding hydrogens is 486 g/mol. The Morgan fingerprint density at radius 1 is 0.868 bits per heavy atom. The summed E-state index contributed by atoms with van der Waals surface area (Å²) in [5, 5.41) is 12.3. The lowest BCUT2D eigenvalue weighted by atomic mass is 10.1. The molecule has 0 aliphatic rings. The first-order valence-electron chi connectivity index (χ1n) is 12.4. The van der Waals surface area contributed by atoms with Gasteiger partial charge in [-0.2, -0.15) is 15.0 Å². The highest BCUT2D eigenvalue weighted by molar-refractivity contribution is 5.78. The van der Waals surface area contributed by atoms with Gasteiger partial charge in [-0.25, -0.2) is 0 Å². The molecule has 0 fully saturated rings. The number of pyridine rings is 1. The van der Waals surface area contributed by atoms with Gasteiger partial charge in [-0.1, -0.05) is 18.2 Å². The minimum absolute atomic E-state index is 0.0750. The predicted octanol–water partition coefficient (Wildman–Crippen LogP) is 1.87. The lowest BCUT2D eigenvalue weighted by molar-refractivity contribution is -0.120. The third kappa shape index (κ3) is 10.9. The first-order valence-corrected chi connectivity index (χ1v) is 12.4. The Morgan fingerprint density at radius 2 is 1.55 bits per heavy atom. The molecule has 0 saturated heterocycles. The molecule has 0 aliphatic carbocycles. The molecule has 1 aromatic carbocycles. The Kier molecular flexibility index (Phi) is 12.4. The number of carbonyl (C=O) groups is 1. The minimum atomic E-state index is -0.0750. The van der Waals surface area contributed by atoms with Gasteiger partial charge in [-0.15, -0.1) is 6.58 Å². The van der Waals surface area contributed by atoms with Crippen LogP contribution in [-0.2, 0) is 27.2 Å². The number of amides is 1. The van der Waals surface area contributed by atoms with E-state index in [4.69, 9.17) is 15.2 Å². The van der Waals surface area contributed by atoms with Crippen LogP contribution in [0, 0.1) is 0 Å². The third-order valence-corrected chi connectivity index (χ3v) is 5.02. The Labute approximate surface area is 222 Å². The van der Waals surface area contributed by atoms with Gasteiger partial charge in [0, 0.05) is 44.3 Å². The van der Waals surface area contributed by atoms with Crippen LogP contribution in [0.3, 0.4) is 0 Å². The molecule has 2 aromatic heterocycles. The van der Waals surface area contributed by atoms with Gasteiger partial charge < -0.3 is 36.5 Å². The quantitative estimate of drug-likeness (QED) is 0.123. The van der Waals surface area contributed by atoms with Crippen molar-refractivity contribution in [2.24, 2.45) is 5.73 Å². The number of nitrogens with zero attached hydrogens (tertiary/aromatic N) is 4. The third-order valence-electron chi connectivity index (χ3n) is 5.02. The number of anilines is 4. The Hall–Kier alpha value is -4.13. The van der Waals surface area contributed by atoms with Crippen molar-refractivity contribution in [2.75, 3.05) is 62.0 Å². The number of hydrogen-bond donors (Lipinski definition) is 5. The molecule has 12 heteroatoms. The molecule has 0 radical (unpaired) electrons. The fraction of sp³-hybridized carbons (Fsp3) is 0.346. The molecule has 202 valence electrons. The van der Waals surface area contributed by atoms with E-state index in [1.54, 1.807) is 18.5 Å². The standard InChI is InChI=1S/C26H35N9O3/c1-2-10-30-24-33-25(31-19-21-7-11-28-12-8-21)35-26(34-24)32-22-5-3-20(4-6-22)18-23(36)29-13-15-38-17-16-37-14-9-27/h2-8,11-12H,1,9-10,13-19,27H2,(H,29,36)(H3,30,31,32,33,34,35). The second-order valence-electron chi connectivity index (χ2n) is 8.05. The van der Waals surface area contributed by atoms with Gasteiger partial charge in [-0.05, 0) is 35.4 Å². The van der Waals surface area contributed by atoms with Crippen LogP contribution in [0.4, 0.5) is 23.5 Å². The largest absolute Gasteiger partial charge is 0.378 e. The lowest BCUT2D eigenvalue weighted by Crippen LogP contribution is -2.29. The van der Waals surface area contributed by atoms with Gasteiger partial charge in [0.1, 0.15) is 0 Å². The van der Waals surface area contributed by atoms with Crippen molar-refractivity contribution >= 4 is 29.4 Å². The highest BCUT2D eigenvalue weighted by atomic mass is 16.5. The van der Waals surface area contributed by atoms with Crippen molar-refractivity contribution < 1.29 is 14.3 Å². The maximum atomic E-state index is 12.2. The zero-order chi connectivity index (χ0) is 26.8. The molecule has 0 atom stereocenters. The van der Waals surface area contributed by atoms with Crippen LogP contribution >= 0.6 is 0 Å². The van der Waals surface area contributed by atoms with Crippen LogP contribution < -0.4 is 27.0 Å². The smallest absolute Gasteiger partial charge is 0.233 e. The summed E-state index contributed by atoms with van der Waals surface area (Å²) in [5.41, 5.74) is 8.06. The number of benzene rings is 1. The summed E-state index contributed by atoms with van der Waals surface area (Å²) in [7, 11) is 0. The van der Waals surface area contributed by atoms with E-state index in [1.807, 2.05) is 36.4 Å². The zero-order valence-corrected chi connectivity index (χ0v) is 21.4. The van der Waals surface area contributed by atoms with E-state index >= 15 is 0 Å². The van der Waals surface area contributed by atoms with Crippen LogP contribution in [0.1, 0.15) is 11.1 Å². The highest BCUT2D eigenvalue weighted by Crippen LogP contribution is 2.17. The summed E-state index contributed by atoms with van der Waals surface area (Å²) in [6.07, 6.45) is 5.46. The molecule has 3 rings (SSSR count). The average Bonchev–Trinajstić information content (AvgIpc) is 2.94. The number of nitrogens with one attached hydrogen (secondary N) is 4. The Balaban J connectivity index is 1.49. The van der Waals surface area contributed by atoms with Crippen molar-refractivity contribution in [3.05, 3.63) is 72.6 Å². The number of carbonyl (C=O) groups excluding carboxylic acids is 1. The highest BCUT2D eigenvalue weighted by Gasteiger charge is 2.08. The van der Waals surface area contributed by atoms with E-state index in [2.05, 4.69) is 47.8 Å². The molecule has 1 amide bonds.